The minimum absolute atomic E-state index is 0.169. The summed E-state index contributed by atoms with van der Waals surface area (Å²) in [5, 5.41) is 0. The van der Waals surface area contributed by atoms with Crippen molar-refractivity contribution >= 4 is 6.16 Å². The maximum absolute atomic E-state index is 11.3. The molecule has 0 fully saturated rings. The predicted molar refractivity (Wildman–Crippen MR) is 71.5 cm³/mol. The van der Waals surface area contributed by atoms with Gasteiger partial charge in [0, 0.05) is 0 Å². The fraction of sp³-hybridized carbons (Fsp3) is 0.400. The van der Waals surface area contributed by atoms with E-state index in [1.807, 2.05) is 30.3 Å². The number of benzene rings is 1. The molecule has 0 aliphatic rings. The van der Waals surface area contributed by atoms with Gasteiger partial charge in [-0.15, -0.1) is 0 Å². The van der Waals surface area contributed by atoms with Crippen LogP contribution in [0.25, 0.3) is 0 Å². The normalized spacial score (nSPS) is 11.9. The molecule has 0 aromatic heterocycles. The van der Waals surface area contributed by atoms with Crippen LogP contribution in [-0.4, -0.2) is 18.4 Å². The Kier molecular flexibility index (Phi) is 5.98. The number of ether oxygens (including phenoxy) is 2. The minimum atomic E-state index is -0.636. The van der Waals surface area contributed by atoms with Crippen LogP contribution in [0.2, 0.25) is 0 Å². The molecule has 18 heavy (non-hydrogen) atoms. The number of aryl methyl sites for hydroxylation is 1. The van der Waals surface area contributed by atoms with Crippen LogP contribution >= 0.6 is 0 Å². The highest BCUT2D eigenvalue weighted by Crippen LogP contribution is 2.09. The number of hydrogen-bond donors (Lipinski definition) is 0. The van der Waals surface area contributed by atoms with Crippen LogP contribution in [0.5, 0.6) is 0 Å². The summed E-state index contributed by atoms with van der Waals surface area (Å²) in [7, 11) is 0. The molecule has 3 heteroatoms. The van der Waals surface area contributed by atoms with Gasteiger partial charge in [-0.2, -0.15) is 0 Å². The van der Waals surface area contributed by atoms with Crippen LogP contribution in [-0.2, 0) is 15.9 Å². The first kappa shape index (κ1) is 14.3. The zero-order valence-electron chi connectivity index (χ0n) is 11.0. The zero-order valence-corrected chi connectivity index (χ0v) is 11.0. The molecule has 0 aliphatic carbocycles. The Hall–Kier alpha value is -1.77. The largest absolute Gasteiger partial charge is 0.509 e. The molecule has 98 valence electrons. The zero-order chi connectivity index (χ0) is 13.4. The molecule has 0 amide bonds. The number of carbonyl (C=O) groups is 1. The molecule has 0 aliphatic heterocycles. The lowest BCUT2D eigenvalue weighted by molar-refractivity contribution is 0.0173. The Bertz CT molecular complexity index is 371. The van der Waals surface area contributed by atoms with E-state index in [9.17, 15) is 4.79 Å². The van der Waals surface area contributed by atoms with Gasteiger partial charge in [-0.3, -0.25) is 0 Å². The third-order valence-electron chi connectivity index (χ3n) is 2.40. The van der Waals surface area contributed by atoms with Gasteiger partial charge in [0.1, 0.15) is 6.10 Å². The van der Waals surface area contributed by atoms with Crippen molar-refractivity contribution in [3.05, 3.63) is 48.6 Å². The van der Waals surface area contributed by atoms with E-state index in [1.54, 1.807) is 19.9 Å². The molecular formula is C15H20O3. The van der Waals surface area contributed by atoms with Crippen molar-refractivity contribution in [2.24, 2.45) is 0 Å². The van der Waals surface area contributed by atoms with Crippen molar-refractivity contribution in [3.63, 3.8) is 0 Å². The summed E-state index contributed by atoms with van der Waals surface area (Å²) in [6, 6.07) is 10.1. The Morgan fingerprint density at radius 2 is 1.94 bits per heavy atom. The maximum atomic E-state index is 11.3. The van der Waals surface area contributed by atoms with Gasteiger partial charge in [0.15, 0.2) is 0 Å². The Balaban J connectivity index is 2.38. The molecule has 1 rings (SSSR count). The topological polar surface area (TPSA) is 35.5 Å². The van der Waals surface area contributed by atoms with E-state index in [-0.39, 0.29) is 12.2 Å². The molecule has 0 heterocycles. The smallest absolute Gasteiger partial charge is 0.432 e. The molecular weight excluding hydrogens is 228 g/mol. The molecule has 1 unspecified atom stereocenters. The van der Waals surface area contributed by atoms with Gasteiger partial charge in [0.25, 0.3) is 0 Å². The van der Waals surface area contributed by atoms with Gasteiger partial charge in [0.05, 0.1) is 6.10 Å². The van der Waals surface area contributed by atoms with Crippen molar-refractivity contribution in [1.29, 1.82) is 0 Å². The molecule has 3 nitrogen and oxygen atoms in total. The van der Waals surface area contributed by atoms with Crippen LogP contribution in [0.1, 0.15) is 25.8 Å². The summed E-state index contributed by atoms with van der Waals surface area (Å²) in [4.78, 5) is 11.3. The fourth-order valence-corrected chi connectivity index (χ4v) is 1.52. The van der Waals surface area contributed by atoms with Crippen LogP contribution < -0.4 is 0 Å². The van der Waals surface area contributed by atoms with Gasteiger partial charge in [-0.25, -0.2) is 4.79 Å². The highest BCUT2D eigenvalue weighted by atomic mass is 16.7. The average molecular weight is 248 g/mol. The van der Waals surface area contributed by atoms with E-state index in [1.165, 1.54) is 5.56 Å². The van der Waals surface area contributed by atoms with Crippen molar-refractivity contribution in [3.8, 4) is 0 Å². The van der Waals surface area contributed by atoms with E-state index in [0.29, 0.717) is 6.42 Å². The molecule has 0 spiro atoms. The first-order valence-electron chi connectivity index (χ1n) is 6.15. The molecule has 0 saturated carbocycles. The molecule has 0 radical (unpaired) electrons. The summed E-state index contributed by atoms with van der Waals surface area (Å²) in [6.07, 6.45) is 2.06. The van der Waals surface area contributed by atoms with E-state index in [0.717, 1.165) is 6.42 Å². The molecule has 0 N–H and O–H groups in total. The molecule has 1 aromatic carbocycles. The van der Waals surface area contributed by atoms with Crippen LogP contribution in [0.15, 0.2) is 43.0 Å². The Morgan fingerprint density at radius 1 is 1.28 bits per heavy atom. The van der Waals surface area contributed by atoms with Gasteiger partial charge < -0.3 is 9.47 Å². The van der Waals surface area contributed by atoms with Gasteiger partial charge in [-0.1, -0.05) is 43.0 Å². The second kappa shape index (κ2) is 7.54. The highest BCUT2D eigenvalue weighted by Gasteiger charge is 2.13. The van der Waals surface area contributed by atoms with Crippen molar-refractivity contribution in [2.45, 2.75) is 38.9 Å². The molecule has 1 atom stereocenters. The van der Waals surface area contributed by atoms with Crippen LogP contribution in [0.4, 0.5) is 4.79 Å². The monoisotopic (exact) mass is 248 g/mol. The Morgan fingerprint density at radius 3 is 2.50 bits per heavy atom. The van der Waals surface area contributed by atoms with Gasteiger partial charge in [-0.05, 0) is 32.3 Å². The minimum Gasteiger partial charge on any atom is -0.432 e. The molecule has 0 bridgehead atoms. The standard InChI is InChI=1S/C15H20O3/c1-4-14(18-15(16)17-12(2)3)11-10-13-8-6-5-7-9-13/h4-9,12,14H,1,10-11H2,2-3H3. The van der Waals surface area contributed by atoms with Crippen molar-refractivity contribution in [1.82, 2.24) is 0 Å². The first-order chi connectivity index (χ1) is 8.61. The highest BCUT2D eigenvalue weighted by molar-refractivity contribution is 5.60. The van der Waals surface area contributed by atoms with Crippen molar-refractivity contribution < 1.29 is 14.3 Å². The van der Waals surface area contributed by atoms with Gasteiger partial charge in [0.2, 0.25) is 0 Å². The maximum Gasteiger partial charge on any atom is 0.509 e. The predicted octanol–water partition coefficient (Wildman–Crippen LogP) is 3.74. The molecule has 1 aromatic rings. The lowest BCUT2D eigenvalue weighted by Crippen LogP contribution is -2.20. The lowest BCUT2D eigenvalue weighted by Gasteiger charge is -2.15. The average Bonchev–Trinajstić information content (AvgIpc) is 2.34. The first-order valence-corrected chi connectivity index (χ1v) is 6.15. The number of hydrogen-bond acceptors (Lipinski definition) is 3. The summed E-state index contributed by atoms with van der Waals surface area (Å²) in [6.45, 7) is 7.24. The van der Waals surface area contributed by atoms with Crippen LogP contribution in [0.3, 0.4) is 0 Å². The summed E-state index contributed by atoms with van der Waals surface area (Å²) < 4.78 is 10.1. The quantitative estimate of drug-likeness (QED) is 0.568. The third kappa shape index (κ3) is 5.53. The summed E-state index contributed by atoms with van der Waals surface area (Å²) in [5.74, 6) is 0. The second-order valence-electron chi connectivity index (χ2n) is 4.33. The Labute approximate surface area is 108 Å². The van der Waals surface area contributed by atoms with Gasteiger partial charge >= 0.3 is 6.16 Å². The van der Waals surface area contributed by atoms with E-state index >= 15 is 0 Å². The summed E-state index contributed by atoms with van der Waals surface area (Å²) >= 11 is 0. The van der Waals surface area contributed by atoms with E-state index < -0.39 is 6.16 Å². The van der Waals surface area contributed by atoms with E-state index in [2.05, 4.69) is 6.58 Å². The molecule has 0 saturated heterocycles. The lowest BCUT2D eigenvalue weighted by atomic mass is 10.1. The van der Waals surface area contributed by atoms with Crippen molar-refractivity contribution in [2.75, 3.05) is 0 Å². The third-order valence-corrected chi connectivity index (χ3v) is 2.40. The fourth-order valence-electron chi connectivity index (χ4n) is 1.52. The number of carbonyl (C=O) groups excluding carboxylic acids is 1. The SMILES string of the molecule is C=CC(CCc1ccccc1)OC(=O)OC(C)C. The second-order valence-corrected chi connectivity index (χ2v) is 4.33. The summed E-state index contributed by atoms with van der Waals surface area (Å²) in [5.41, 5.74) is 1.21. The number of rotatable bonds is 6. The van der Waals surface area contributed by atoms with Crippen LogP contribution in [0, 0.1) is 0 Å². The van der Waals surface area contributed by atoms with E-state index in [4.69, 9.17) is 9.47 Å².